The van der Waals surface area contributed by atoms with Gasteiger partial charge in [-0.15, -0.1) is 0 Å². The van der Waals surface area contributed by atoms with Crippen molar-refractivity contribution in [3.8, 4) is 22.3 Å². The number of sulfonamides is 2. The van der Waals surface area contributed by atoms with Crippen LogP contribution in [0.3, 0.4) is 0 Å². The third kappa shape index (κ3) is 13.8. The van der Waals surface area contributed by atoms with E-state index in [1.807, 2.05) is 55.5 Å². The molecular weight excluding hydrogens is 1040 g/mol. The van der Waals surface area contributed by atoms with Crippen LogP contribution < -0.4 is 0 Å². The van der Waals surface area contributed by atoms with Gasteiger partial charge >= 0.3 is 6.18 Å². The van der Waals surface area contributed by atoms with E-state index >= 15 is 0 Å². The minimum atomic E-state index is -4.65. The first-order chi connectivity index (χ1) is 35.1. The Morgan fingerprint density at radius 1 is 0.440 bits per heavy atom. The normalized spacial score (nSPS) is 12.8. The first-order valence-corrected chi connectivity index (χ1v) is 30.6. The Bertz CT molecular complexity index is 3700. The van der Waals surface area contributed by atoms with Crippen LogP contribution in [-0.2, 0) is 72.0 Å². The Morgan fingerprint density at radius 2 is 0.867 bits per heavy atom. The largest absolute Gasteiger partial charge is 0.416 e. The second-order valence-electron chi connectivity index (χ2n) is 19.1. The zero-order valence-electron chi connectivity index (χ0n) is 42.7. The molecule has 75 heavy (non-hydrogen) atoms. The van der Waals surface area contributed by atoms with Crippen molar-refractivity contribution in [2.45, 2.75) is 92.9 Å². The number of rotatable bonds is 19. The van der Waals surface area contributed by atoms with E-state index in [4.69, 9.17) is 0 Å². The minimum Gasteiger partial charge on any atom is -0.224 e. The fraction of sp³-hybridized carbons (Fsp3) is 0.241. The second-order valence-corrected chi connectivity index (χ2v) is 26.8. The van der Waals surface area contributed by atoms with Crippen LogP contribution in [0.1, 0.15) is 62.1 Å². The van der Waals surface area contributed by atoms with Crippen LogP contribution in [0.5, 0.6) is 0 Å². The van der Waals surface area contributed by atoms with E-state index in [1.165, 1.54) is 28.6 Å². The highest BCUT2D eigenvalue weighted by molar-refractivity contribution is 7.91. The molecule has 0 heterocycles. The molecule has 0 spiro atoms. The lowest BCUT2D eigenvalue weighted by atomic mass is 10.0. The number of aryl methyl sites for hydroxylation is 6. The van der Waals surface area contributed by atoms with Crippen LogP contribution >= 0.6 is 0 Å². The van der Waals surface area contributed by atoms with Gasteiger partial charge in [0.2, 0.25) is 20.0 Å². The van der Waals surface area contributed by atoms with Crippen molar-refractivity contribution in [3.05, 3.63) is 213 Å². The van der Waals surface area contributed by atoms with Crippen molar-refractivity contribution in [1.82, 2.24) is 8.61 Å². The molecule has 17 heteroatoms. The molecule has 7 aromatic carbocycles. The topological polar surface area (TPSA) is 143 Å². The quantitative estimate of drug-likeness (QED) is 0.0729. The van der Waals surface area contributed by atoms with E-state index in [-0.39, 0.29) is 51.3 Å². The van der Waals surface area contributed by atoms with Gasteiger partial charge < -0.3 is 0 Å². The van der Waals surface area contributed by atoms with Gasteiger partial charge in [0, 0.05) is 38.7 Å². The molecular formula is C58H59F3N2O8S4. The molecule has 0 aliphatic heterocycles. The van der Waals surface area contributed by atoms with E-state index < -0.39 is 51.5 Å². The molecule has 0 bridgehead atoms. The average Bonchev–Trinajstić information content (AvgIpc) is 3.32. The van der Waals surface area contributed by atoms with Gasteiger partial charge in [0.05, 0.1) is 25.1 Å². The van der Waals surface area contributed by atoms with E-state index in [2.05, 4.69) is 0 Å². The van der Waals surface area contributed by atoms with E-state index in [1.54, 1.807) is 101 Å². The lowest BCUT2D eigenvalue weighted by molar-refractivity contribution is -0.137. The number of halogens is 3. The molecule has 0 saturated heterocycles. The van der Waals surface area contributed by atoms with Crippen LogP contribution in [-0.4, -0.2) is 61.3 Å². The molecule has 0 amide bonds. The lowest BCUT2D eigenvalue weighted by Crippen LogP contribution is -2.32. The minimum absolute atomic E-state index is 0.0287. The summed E-state index contributed by atoms with van der Waals surface area (Å²) in [5.74, 6) is 0. The van der Waals surface area contributed by atoms with Gasteiger partial charge in [0.1, 0.15) is 0 Å². The molecule has 0 unspecified atom stereocenters. The molecule has 10 nitrogen and oxygen atoms in total. The molecule has 0 aliphatic rings. The van der Waals surface area contributed by atoms with Crippen LogP contribution in [0.25, 0.3) is 22.3 Å². The summed E-state index contributed by atoms with van der Waals surface area (Å²) in [5, 5.41) is 0. The van der Waals surface area contributed by atoms with E-state index in [0.717, 1.165) is 51.2 Å². The Hall–Kier alpha value is -6.21. The zero-order valence-corrected chi connectivity index (χ0v) is 45.9. The van der Waals surface area contributed by atoms with Crippen LogP contribution in [0.4, 0.5) is 13.2 Å². The number of sulfone groups is 2. The first kappa shape index (κ1) is 56.5. The third-order valence-corrected chi connectivity index (χ3v) is 19.3. The second kappa shape index (κ2) is 22.6. The molecule has 0 saturated carbocycles. The maximum atomic E-state index is 14.8. The summed E-state index contributed by atoms with van der Waals surface area (Å²) < 4.78 is 152. The highest BCUT2D eigenvalue weighted by Gasteiger charge is 2.33. The standard InChI is InChI=1S/C58H59F3N2O8S4/c1-40-30-41(2)56(42(3)31-40)74(68,69)62(37-45-21-25-49(26-22-45)51-16-12-19-54(35-51)72(6,64)65)29-10-8-9-14-47-32-43(4)57(44(5)33-47)75(70,71)63(39-48-15-11-18-53(34-48)58(59,60)61)38-46-23-27-50(28-24-46)52-17-13-20-55(36-52)73(7,66)67/h8,10-13,15-28,30-36H,9,14,29,37-39H2,1-7H3. The molecule has 7 rings (SSSR count). The van der Waals surface area contributed by atoms with Crippen molar-refractivity contribution in [2.24, 2.45) is 0 Å². The van der Waals surface area contributed by atoms with Gasteiger partial charge in [0.25, 0.3) is 0 Å². The van der Waals surface area contributed by atoms with E-state index in [0.29, 0.717) is 57.3 Å². The summed E-state index contributed by atoms with van der Waals surface area (Å²) >= 11 is 0. The van der Waals surface area contributed by atoms with E-state index in [9.17, 15) is 46.8 Å². The van der Waals surface area contributed by atoms with Gasteiger partial charge in [0.15, 0.2) is 19.7 Å². The summed E-state index contributed by atoms with van der Waals surface area (Å²) in [5.41, 5.74) is 7.22. The molecule has 0 aliphatic carbocycles. The molecule has 0 fully saturated rings. The Labute approximate surface area is 440 Å². The fourth-order valence-corrected chi connectivity index (χ4v) is 14.3. The van der Waals surface area contributed by atoms with Gasteiger partial charge in [-0.05, 0) is 145 Å². The van der Waals surface area contributed by atoms with Gasteiger partial charge in [-0.1, -0.05) is 133 Å². The smallest absolute Gasteiger partial charge is 0.224 e. The summed E-state index contributed by atoms with van der Waals surface area (Å²) in [6, 6.07) is 39.1. The number of benzene rings is 7. The van der Waals surface area contributed by atoms with Crippen molar-refractivity contribution >= 4 is 39.7 Å². The third-order valence-electron chi connectivity index (χ3n) is 12.8. The SMILES string of the molecule is Cc1cc(C)c(S(=O)(=O)N(CC=CCCc2cc(C)c(S(=O)(=O)N(Cc3ccc(-c4cccc(S(C)(=O)=O)c4)cc3)Cc3cccc(C(F)(F)F)c3)c(C)c2)Cc2ccc(-c3cccc(S(C)(=O)=O)c3)cc2)c(C)c1. The van der Waals surface area contributed by atoms with Crippen LogP contribution in [0.15, 0.2) is 177 Å². The van der Waals surface area contributed by atoms with Gasteiger partial charge in [-0.3, -0.25) is 0 Å². The Morgan fingerprint density at radius 3 is 1.33 bits per heavy atom. The average molecular weight is 1100 g/mol. The summed E-state index contributed by atoms with van der Waals surface area (Å²) in [4.78, 5) is 0.601. The molecule has 7 aromatic rings. The highest BCUT2D eigenvalue weighted by Crippen LogP contribution is 2.34. The molecule has 0 atom stereocenters. The highest BCUT2D eigenvalue weighted by atomic mass is 32.2. The summed E-state index contributed by atoms with van der Waals surface area (Å²) in [7, 11) is -15.3. The number of allylic oxidation sites excluding steroid dienone is 1. The van der Waals surface area contributed by atoms with Gasteiger partial charge in [-0.2, -0.15) is 21.8 Å². The summed E-state index contributed by atoms with van der Waals surface area (Å²) in [6.45, 7) is 8.38. The molecule has 0 aromatic heterocycles. The number of hydrogen-bond donors (Lipinski definition) is 0. The van der Waals surface area contributed by atoms with Crippen LogP contribution in [0.2, 0.25) is 0 Å². The summed E-state index contributed by atoms with van der Waals surface area (Å²) in [6.07, 6.45) is 2.27. The van der Waals surface area contributed by atoms with Crippen molar-refractivity contribution in [3.63, 3.8) is 0 Å². The predicted molar refractivity (Wildman–Crippen MR) is 289 cm³/mol. The Balaban J connectivity index is 1.11. The van der Waals surface area contributed by atoms with Crippen molar-refractivity contribution < 1.29 is 46.8 Å². The molecule has 0 N–H and O–H groups in total. The fourth-order valence-electron chi connectivity index (χ4n) is 9.33. The van der Waals surface area contributed by atoms with Crippen molar-refractivity contribution in [1.29, 1.82) is 0 Å². The number of nitrogens with zero attached hydrogens (tertiary/aromatic N) is 2. The molecule has 0 radical (unpaired) electrons. The predicted octanol–water partition coefficient (Wildman–Crippen LogP) is 12.2. The molecule has 394 valence electrons. The van der Waals surface area contributed by atoms with Crippen molar-refractivity contribution in [2.75, 3.05) is 19.1 Å². The monoisotopic (exact) mass is 1100 g/mol. The zero-order chi connectivity index (χ0) is 54.7. The van der Waals surface area contributed by atoms with Crippen LogP contribution in [0, 0.1) is 34.6 Å². The van der Waals surface area contributed by atoms with Gasteiger partial charge in [-0.25, -0.2) is 33.7 Å². The number of alkyl halides is 3. The maximum Gasteiger partial charge on any atom is 0.416 e. The maximum absolute atomic E-state index is 14.8. The Kier molecular flexibility index (Phi) is 17.0. The number of hydrogen-bond acceptors (Lipinski definition) is 8. The lowest BCUT2D eigenvalue weighted by Gasteiger charge is -2.25. The first-order valence-electron chi connectivity index (χ1n) is 23.9.